The maximum Gasteiger partial charge on any atom is 0.293 e. The molecule has 6 nitrogen and oxygen atoms in total. The smallest absolute Gasteiger partial charge is 0.293 e. The maximum absolute atomic E-state index is 10.2. The van der Waals surface area contributed by atoms with E-state index >= 15 is 0 Å². The first kappa shape index (κ1) is 13.0. The molecule has 1 aromatic heterocycles. The molecule has 0 N–H and O–H groups in total. The standard InChI is InChI=1S/C6H6N2O2.C3H6O2/c1-5-2-3-7-4-6(5)8(9)10;1-2-5-3-4/h2-4H,1H3;3H,2H2,1H3. The molecule has 0 amide bonds. The molecule has 0 aliphatic heterocycles. The molecular weight excluding hydrogens is 200 g/mol. The number of nitro groups is 1. The van der Waals surface area contributed by atoms with Gasteiger partial charge in [-0.2, -0.15) is 0 Å². The Hall–Kier alpha value is -1.98. The van der Waals surface area contributed by atoms with Gasteiger partial charge in [0.2, 0.25) is 0 Å². The SMILES string of the molecule is CCOC=O.Cc1ccncc1[N+](=O)[O-]. The Morgan fingerprint density at radius 1 is 1.67 bits per heavy atom. The lowest BCUT2D eigenvalue weighted by atomic mass is 10.3. The number of nitrogens with zero attached hydrogens (tertiary/aromatic N) is 2. The van der Waals surface area contributed by atoms with E-state index in [1.807, 2.05) is 0 Å². The van der Waals surface area contributed by atoms with Crippen molar-refractivity contribution in [2.45, 2.75) is 13.8 Å². The van der Waals surface area contributed by atoms with E-state index in [-0.39, 0.29) is 5.69 Å². The van der Waals surface area contributed by atoms with Gasteiger partial charge in [0, 0.05) is 11.8 Å². The number of pyridine rings is 1. The summed E-state index contributed by atoms with van der Waals surface area (Å²) in [5.41, 5.74) is 0.711. The van der Waals surface area contributed by atoms with E-state index in [0.717, 1.165) is 0 Å². The molecule has 0 fully saturated rings. The van der Waals surface area contributed by atoms with Gasteiger partial charge in [0.1, 0.15) is 6.20 Å². The molecule has 0 aromatic carbocycles. The van der Waals surface area contributed by atoms with Crippen LogP contribution in [0.25, 0.3) is 0 Å². The van der Waals surface area contributed by atoms with Gasteiger partial charge in [-0.1, -0.05) is 0 Å². The van der Waals surface area contributed by atoms with E-state index in [2.05, 4.69) is 9.72 Å². The average molecular weight is 212 g/mol. The first-order valence-corrected chi connectivity index (χ1v) is 4.23. The van der Waals surface area contributed by atoms with Crippen LogP contribution < -0.4 is 0 Å². The van der Waals surface area contributed by atoms with Crippen LogP contribution in [0.4, 0.5) is 5.69 Å². The summed E-state index contributed by atoms with van der Waals surface area (Å²) in [5, 5.41) is 10.2. The quantitative estimate of drug-likeness (QED) is 0.430. The van der Waals surface area contributed by atoms with Gasteiger partial charge in [-0.15, -0.1) is 0 Å². The van der Waals surface area contributed by atoms with Crippen LogP contribution in [0.15, 0.2) is 18.5 Å². The van der Waals surface area contributed by atoms with Crippen molar-refractivity contribution in [1.29, 1.82) is 0 Å². The lowest BCUT2D eigenvalue weighted by Crippen LogP contribution is -1.91. The summed E-state index contributed by atoms with van der Waals surface area (Å²) in [4.78, 5) is 22.6. The summed E-state index contributed by atoms with van der Waals surface area (Å²) in [6.07, 6.45) is 2.78. The molecule has 0 spiro atoms. The fourth-order valence-electron chi connectivity index (χ4n) is 0.715. The van der Waals surface area contributed by atoms with Gasteiger partial charge in [0.25, 0.3) is 12.2 Å². The first-order chi connectivity index (χ1) is 7.13. The van der Waals surface area contributed by atoms with Gasteiger partial charge in [-0.3, -0.25) is 19.9 Å². The van der Waals surface area contributed by atoms with E-state index in [1.165, 1.54) is 12.4 Å². The van der Waals surface area contributed by atoms with Crippen LogP contribution in [-0.4, -0.2) is 23.0 Å². The van der Waals surface area contributed by atoms with Crippen molar-refractivity contribution in [3.63, 3.8) is 0 Å². The molecule has 82 valence electrons. The summed E-state index contributed by atoms with van der Waals surface area (Å²) in [7, 11) is 0. The third-order valence-corrected chi connectivity index (χ3v) is 1.44. The monoisotopic (exact) mass is 212 g/mol. The summed E-state index contributed by atoms with van der Waals surface area (Å²) in [5.74, 6) is 0. The van der Waals surface area contributed by atoms with Crippen molar-refractivity contribution in [3.8, 4) is 0 Å². The highest BCUT2D eigenvalue weighted by Gasteiger charge is 2.07. The van der Waals surface area contributed by atoms with Crippen LogP contribution in [0.2, 0.25) is 0 Å². The Morgan fingerprint density at radius 3 is 2.60 bits per heavy atom. The summed E-state index contributed by atoms with van der Waals surface area (Å²) < 4.78 is 4.15. The molecule has 0 atom stereocenters. The third kappa shape index (κ3) is 5.35. The number of rotatable bonds is 3. The summed E-state index contributed by atoms with van der Waals surface area (Å²) >= 11 is 0. The van der Waals surface area contributed by atoms with Crippen LogP contribution >= 0.6 is 0 Å². The molecule has 0 bridgehead atoms. The van der Waals surface area contributed by atoms with Gasteiger partial charge in [-0.25, -0.2) is 0 Å². The normalized spacial score (nSPS) is 8.40. The predicted octanol–water partition coefficient (Wildman–Crippen LogP) is 1.48. The second-order valence-electron chi connectivity index (χ2n) is 2.47. The lowest BCUT2D eigenvalue weighted by molar-refractivity contribution is -0.385. The number of carbonyl (C=O) groups is 1. The highest BCUT2D eigenvalue weighted by molar-refractivity contribution is 5.36. The number of ether oxygens (including phenoxy) is 1. The lowest BCUT2D eigenvalue weighted by Gasteiger charge is -1.91. The third-order valence-electron chi connectivity index (χ3n) is 1.44. The van der Waals surface area contributed by atoms with Crippen LogP contribution in [0, 0.1) is 17.0 Å². The highest BCUT2D eigenvalue weighted by Crippen LogP contribution is 2.13. The van der Waals surface area contributed by atoms with Crippen molar-refractivity contribution in [3.05, 3.63) is 34.1 Å². The molecule has 1 heterocycles. The predicted molar refractivity (Wildman–Crippen MR) is 53.3 cm³/mol. The van der Waals surface area contributed by atoms with Crippen molar-refractivity contribution in [1.82, 2.24) is 4.98 Å². The minimum Gasteiger partial charge on any atom is -0.468 e. The average Bonchev–Trinajstić information content (AvgIpc) is 2.20. The van der Waals surface area contributed by atoms with E-state index in [1.54, 1.807) is 19.9 Å². The zero-order chi connectivity index (χ0) is 11.7. The number of hydrogen-bond donors (Lipinski definition) is 0. The molecule has 0 saturated carbocycles. The molecule has 1 aromatic rings. The van der Waals surface area contributed by atoms with E-state index in [0.29, 0.717) is 18.6 Å². The van der Waals surface area contributed by atoms with Gasteiger partial charge in [0.15, 0.2) is 0 Å². The second-order valence-corrected chi connectivity index (χ2v) is 2.47. The fraction of sp³-hybridized carbons (Fsp3) is 0.333. The number of carbonyl (C=O) groups excluding carboxylic acids is 1. The Kier molecular flexibility index (Phi) is 6.45. The van der Waals surface area contributed by atoms with Crippen molar-refractivity contribution >= 4 is 12.2 Å². The van der Waals surface area contributed by atoms with Crippen LogP contribution in [0.1, 0.15) is 12.5 Å². The van der Waals surface area contributed by atoms with Crippen LogP contribution in [-0.2, 0) is 9.53 Å². The van der Waals surface area contributed by atoms with Gasteiger partial charge in [-0.05, 0) is 19.9 Å². The topological polar surface area (TPSA) is 82.3 Å². The van der Waals surface area contributed by atoms with E-state index in [4.69, 9.17) is 0 Å². The van der Waals surface area contributed by atoms with Crippen molar-refractivity contribution in [2.24, 2.45) is 0 Å². The molecule has 15 heavy (non-hydrogen) atoms. The number of aryl methyl sites for hydroxylation is 1. The van der Waals surface area contributed by atoms with E-state index < -0.39 is 4.92 Å². The van der Waals surface area contributed by atoms with Gasteiger partial charge >= 0.3 is 0 Å². The molecule has 0 saturated heterocycles. The molecule has 1 rings (SSSR count). The second kappa shape index (κ2) is 7.43. The van der Waals surface area contributed by atoms with Crippen LogP contribution in [0.3, 0.4) is 0 Å². The molecule has 0 radical (unpaired) electrons. The summed E-state index contributed by atoms with van der Waals surface area (Å²) in [6.45, 7) is 4.34. The molecular formula is C9H12N2O4. The largest absolute Gasteiger partial charge is 0.468 e. The highest BCUT2D eigenvalue weighted by atomic mass is 16.6. The zero-order valence-corrected chi connectivity index (χ0v) is 8.54. The van der Waals surface area contributed by atoms with E-state index in [9.17, 15) is 14.9 Å². The van der Waals surface area contributed by atoms with Crippen LogP contribution in [0.5, 0.6) is 0 Å². The summed E-state index contributed by atoms with van der Waals surface area (Å²) in [6, 6.07) is 1.61. The Morgan fingerprint density at radius 2 is 2.33 bits per heavy atom. The minimum atomic E-state index is -0.442. The Balaban J connectivity index is 0.000000336. The molecule has 0 aliphatic rings. The Labute approximate surface area is 87.0 Å². The molecule has 0 aliphatic carbocycles. The fourth-order valence-corrected chi connectivity index (χ4v) is 0.715. The number of hydrogen-bond acceptors (Lipinski definition) is 5. The van der Waals surface area contributed by atoms with Crippen molar-refractivity contribution < 1.29 is 14.5 Å². The Bertz CT molecular complexity index is 328. The van der Waals surface area contributed by atoms with Crippen molar-refractivity contribution in [2.75, 3.05) is 6.61 Å². The first-order valence-electron chi connectivity index (χ1n) is 4.23. The zero-order valence-electron chi connectivity index (χ0n) is 8.54. The van der Waals surface area contributed by atoms with Gasteiger partial charge in [0.05, 0.1) is 11.5 Å². The maximum atomic E-state index is 10.2. The van der Waals surface area contributed by atoms with Gasteiger partial charge < -0.3 is 4.74 Å². The molecule has 0 unspecified atom stereocenters. The molecule has 6 heteroatoms. The minimum absolute atomic E-state index is 0.0718. The number of aromatic nitrogens is 1.